The third-order valence-corrected chi connectivity index (χ3v) is 1.37. The molecule has 0 radical (unpaired) electrons. The van der Waals surface area contributed by atoms with E-state index in [2.05, 4.69) is 17.4 Å². The number of hydrogen-bond donors (Lipinski definition) is 2. The molecular weight excluding hydrogens is 170 g/mol. The van der Waals surface area contributed by atoms with Gasteiger partial charge in [0.25, 0.3) is 11.8 Å². The number of nitrogens with one attached hydrogen (secondary N) is 1. The number of nitrogens with zero attached hydrogens (tertiary/aromatic N) is 1. The standard InChI is InChI=1S/C8H7N3O2/c1-10-3-2-4-11-7(12)5-6(9)8(11)13/h3-5H,1,9H2/p+1. The van der Waals surface area contributed by atoms with Crippen LogP contribution in [0.3, 0.4) is 0 Å². The molecule has 0 fully saturated rings. The van der Waals surface area contributed by atoms with E-state index in [1.54, 1.807) is 0 Å². The molecule has 13 heavy (non-hydrogen) atoms. The Balaban J connectivity index is 2.86. The fourth-order valence-electron chi connectivity index (χ4n) is 0.796. The molecular formula is C8H8N3O2+. The van der Waals surface area contributed by atoms with Gasteiger partial charge >= 0.3 is 0 Å². The third kappa shape index (κ3) is 1.72. The number of rotatable bonds is 2. The van der Waals surface area contributed by atoms with E-state index >= 15 is 0 Å². The monoisotopic (exact) mass is 178 g/mol. The highest BCUT2D eigenvalue weighted by molar-refractivity contribution is 6.16. The minimum Gasteiger partial charge on any atom is -0.394 e. The van der Waals surface area contributed by atoms with Gasteiger partial charge in [-0.1, -0.05) is 0 Å². The van der Waals surface area contributed by atoms with Crippen LogP contribution in [0.5, 0.6) is 0 Å². The first-order chi connectivity index (χ1) is 6.16. The van der Waals surface area contributed by atoms with Crippen molar-refractivity contribution in [3.05, 3.63) is 29.9 Å². The highest BCUT2D eigenvalue weighted by atomic mass is 16.2. The smallest absolute Gasteiger partial charge is 0.281 e. The van der Waals surface area contributed by atoms with Gasteiger partial charge in [0.1, 0.15) is 12.4 Å². The molecule has 0 unspecified atom stereocenters. The quantitative estimate of drug-likeness (QED) is 0.281. The molecule has 2 amide bonds. The van der Waals surface area contributed by atoms with E-state index in [-0.39, 0.29) is 5.70 Å². The van der Waals surface area contributed by atoms with Crippen molar-refractivity contribution >= 4 is 18.5 Å². The molecule has 0 spiro atoms. The zero-order valence-electron chi connectivity index (χ0n) is 6.78. The average Bonchev–Trinajstić information content (AvgIpc) is 2.32. The number of nitrogens with two attached hydrogens (primary N) is 1. The topological polar surface area (TPSA) is 77.4 Å². The molecule has 0 bridgehead atoms. The number of imide groups is 1. The maximum absolute atomic E-state index is 11.1. The molecule has 5 heteroatoms. The van der Waals surface area contributed by atoms with Crippen LogP contribution in [0, 0.1) is 0 Å². The zero-order valence-corrected chi connectivity index (χ0v) is 6.78. The Kier molecular flexibility index (Phi) is 2.42. The molecule has 1 aliphatic rings. The van der Waals surface area contributed by atoms with Gasteiger partial charge in [-0.15, -0.1) is 0 Å². The second-order valence-corrected chi connectivity index (χ2v) is 2.26. The van der Waals surface area contributed by atoms with Crippen molar-refractivity contribution in [1.82, 2.24) is 4.90 Å². The van der Waals surface area contributed by atoms with Gasteiger partial charge in [-0.2, -0.15) is 0 Å². The summed E-state index contributed by atoms with van der Waals surface area (Å²) >= 11 is 0. The van der Waals surface area contributed by atoms with Crippen LogP contribution >= 0.6 is 0 Å². The van der Waals surface area contributed by atoms with Crippen molar-refractivity contribution < 1.29 is 14.6 Å². The van der Waals surface area contributed by atoms with Crippen LogP contribution in [-0.2, 0) is 9.59 Å². The lowest BCUT2D eigenvalue weighted by Gasteiger charge is -2.04. The first-order valence-corrected chi connectivity index (χ1v) is 3.45. The highest BCUT2D eigenvalue weighted by Crippen LogP contribution is 2.07. The summed E-state index contributed by atoms with van der Waals surface area (Å²) in [5.74, 6) is -0.998. The van der Waals surface area contributed by atoms with E-state index in [4.69, 9.17) is 5.73 Å². The van der Waals surface area contributed by atoms with Crippen molar-refractivity contribution in [2.75, 3.05) is 0 Å². The summed E-state index contributed by atoms with van der Waals surface area (Å²) in [7, 11) is 0. The summed E-state index contributed by atoms with van der Waals surface area (Å²) in [5, 5.41) is 0. The van der Waals surface area contributed by atoms with Crippen LogP contribution in [-0.4, -0.2) is 23.4 Å². The Morgan fingerprint density at radius 3 is 2.77 bits per heavy atom. The SMILES string of the molecule is C=[NH+]C=C=CN1C(=O)C=C(N)C1=O. The summed E-state index contributed by atoms with van der Waals surface area (Å²) in [6.07, 6.45) is 3.62. The van der Waals surface area contributed by atoms with Crippen LogP contribution in [0.15, 0.2) is 29.9 Å². The lowest BCUT2D eigenvalue weighted by Crippen LogP contribution is -2.57. The van der Waals surface area contributed by atoms with Crippen molar-refractivity contribution in [3.63, 3.8) is 0 Å². The summed E-state index contributed by atoms with van der Waals surface area (Å²) in [6.45, 7) is 3.29. The fraction of sp³-hybridized carbons (Fsp3) is 0. The third-order valence-electron chi connectivity index (χ3n) is 1.37. The molecule has 1 rings (SSSR count). The highest BCUT2D eigenvalue weighted by Gasteiger charge is 2.27. The predicted molar refractivity (Wildman–Crippen MR) is 44.9 cm³/mol. The first kappa shape index (κ1) is 8.96. The number of carbonyl (C=O) groups is 2. The average molecular weight is 178 g/mol. The molecule has 0 saturated heterocycles. The second-order valence-electron chi connectivity index (χ2n) is 2.26. The van der Waals surface area contributed by atoms with Crippen LogP contribution in [0.4, 0.5) is 0 Å². The minimum absolute atomic E-state index is 0.0642. The van der Waals surface area contributed by atoms with E-state index in [1.807, 2.05) is 0 Å². The normalized spacial score (nSPS) is 15.1. The second kappa shape index (κ2) is 3.51. The van der Waals surface area contributed by atoms with Gasteiger partial charge in [-0.3, -0.25) is 9.59 Å². The molecule has 66 valence electrons. The number of carbonyl (C=O) groups excluding carboxylic acids is 2. The Bertz CT molecular complexity index is 362. The van der Waals surface area contributed by atoms with E-state index in [9.17, 15) is 9.59 Å². The number of amides is 2. The Hall–Kier alpha value is -2.13. The molecule has 0 aromatic carbocycles. The summed E-state index contributed by atoms with van der Waals surface area (Å²) < 4.78 is 0. The maximum Gasteiger partial charge on any atom is 0.281 e. The van der Waals surface area contributed by atoms with Gasteiger partial charge < -0.3 is 5.73 Å². The van der Waals surface area contributed by atoms with Gasteiger partial charge in [0, 0.05) is 6.08 Å². The summed E-state index contributed by atoms with van der Waals surface area (Å²) in [5.41, 5.74) is 7.69. The van der Waals surface area contributed by atoms with E-state index in [0.29, 0.717) is 0 Å². The van der Waals surface area contributed by atoms with E-state index in [0.717, 1.165) is 11.0 Å². The molecule has 0 aliphatic carbocycles. The molecule has 0 saturated carbocycles. The van der Waals surface area contributed by atoms with Crippen molar-refractivity contribution in [2.45, 2.75) is 0 Å². The van der Waals surface area contributed by atoms with Crippen LogP contribution in [0.25, 0.3) is 0 Å². The minimum atomic E-state index is -0.532. The zero-order chi connectivity index (χ0) is 9.84. The number of hydrogen-bond acceptors (Lipinski definition) is 3. The molecule has 3 N–H and O–H groups in total. The maximum atomic E-state index is 11.1. The van der Waals surface area contributed by atoms with Crippen molar-refractivity contribution in [1.29, 1.82) is 0 Å². The van der Waals surface area contributed by atoms with Gasteiger partial charge in [0.15, 0.2) is 0 Å². The molecule has 0 aromatic heterocycles. The lowest BCUT2D eigenvalue weighted by atomic mass is 10.5. The summed E-state index contributed by atoms with van der Waals surface area (Å²) in [6, 6.07) is 0. The van der Waals surface area contributed by atoms with E-state index < -0.39 is 11.8 Å². The molecule has 0 atom stereocenters. The van der Waals surface area contributed by atoms with Crippen LogP contribution in [0.1, 0.15) is 0 Å². The van der Waals surface area contributed by atoms with Gasteiger partial charge in [-0.25, -0.2) is 9.89 Å². The Morgan fingerprint density at radius 2 is 2.31 bits per heavy atom. The largest absolute Gasteiger partial charge is 0.394 e. The van der Waals surface area contributed by atoms with E-state index in [1.165, 1.54) is 12.4 Å². The van der Waals surface area contributed by atoms with Crippen molar-refractivity contribution in [2.24, 2.45) is 5.73 Å². The van der Waals surface area contributed by atoms with Crippen LogP contribution < -0.4 is 10.7 Å². The summed E-state index contributed by atoms with van der Waals surface area (Å²) in [4.78, 5) is 25.4. The Morgan fingerprint density at radius 1 is 1.62 bits per heavy atom. The first-order valence-electron chi connectivity index (χ1n) is 3.45. The lowest BCUT2D eigenvalue weighted by molar-refractivity contribution is -0.360. The predicted octanol–water partition coefficient (Wildman–Crippen LogP) is -2.39. The fourth-order valence-corrected chi connectivity index (χ4v) is 0.796. The Labute approximate surface area is 74.5 Å². The molecule has 0 aromatic rings. The molecule has 1 aliphatic heterocycles. The van der Waals surface area contributed by atoms with Gasteiger partial charge in [0.2, 0.25) is 6.20 Å². The van der Waals surface area contributed by atoms with Crippen LogP contribution in [0.2, 0.25) is 0 Å². The molecule has 1 heterocycles. The van der Waals surface area contributed by atoms with Crippen molar-refractivity contribution in [3.8, 4) is 0 Å². The molecule has 5 nitrogen and oxygen atoms in total. The van der Waals surface area contributed by atoms with Gasteiger partial charge in [0.05, 0.1) is 6.20 Å². The van der Waals surface area contributed by atoms with Gasteiger partial charge in [-0.05, 0) is 5.73 Å².